The highest BCUT2D eigenvalue weighted by atomic mass is 32.1. The van der Waals surface area contributed by atoms with Crippen LogP contribution in [0.4, 0.5) is 5.13 Å². The van der Waals surface area contributed by atoms with E-state index >= 15 is 0 Å². The molecule has 5 rings (SSSR count). The van der Waals surface area contributed by atoms with E-state index in [-0.39, 0.29) is 18.3 Å². The number of aromatic nitrogens is 1. The van der Waals surface area contributed by atoms with Crippen LogP contribution in [-0.4, -0.2) is 87.6 Å². The molecular weight excluding hydrogens is 578 g/mol. The molecule has 0 unspecified atom stereocenters. The summed E-state index contributed by atoms with van der Waals surface area (Å²) in [5.74, 6) is 0.860. The molecule has 1 fully saturated rings. The van der Waals surface area contributed by atoms with Crippen LogP contribution in [0, 0.1) is 5.41 Å². The van der Waals surface area contributed by atoms with Crippen molar-refractivity contribution >= 4 is 28.3 Å². The van der Waals surface area contributed by atoms with E-state index < -0.39 is 11.0 Å². The van der Waals surface area contributed by atoms with Gasteiger partial charge >= 0.3 is 5.97 Å². The van der Waals surface area contributed by atoms with Gasteiger partial charge in [0.05, 0.1) is 44.9 Å². The van der Waals surface area contributed by atoms with Crippen LogP contribution in [0.5, 0.6) is 11.5 Å². The predicted molar refractivity (Wildman–Crippen MR) is 171 cm³/mol. The molecule has 10 heteroatoms. The van der Waals surface area contributed by atoms with Crippen molar-refractivity contribution < 1.29 is 33.0 Å². The molecule has 2 aliphatic rings. The molecule has 2 aromatic carbocycles. The van der Waals surface area contributed by atoms with Crippen molar-refractivity contribution in [1.29, 1.82) is 0 Å². The van der Waals surface area contributed by atoms with Gasteiger partial charge in [-0.25, -0.2) is 4.98 Å². The number of likely N-dealkylation sites (N-methyl/N-ethyl adjacent to an activating group) is 1. The molecular formula is C34H44N3O6S+. The third-order valence-electron chi connectivity index (χ3n) is 8.52. The molecule has 236 valence electrons. The smallest absolute Gasteiger partial charge is 0.307 e. The molecule has 1 aliphatic carbocycles. The molecule has 0 atom stereocenters. The number of methoxy groups -OCH3 is 1. The van der Waals surface area contributed by atoms with Crippen LogP contribution in [-0.2, 0) is 31.9 Å². The molecule has 0 spiro atoms. The quantitative estimate of drug-likeness (QED) is 0.228. The van der Waals surface area contributed by atoms with E-state index in [1.165, 1.54) is 11.3 Å². The summed E-state index contributed by atoms with van der Waals surface area (Å²) in [6, 6.07) is 13.8. The molecule has 0 radical (unpaired) electrons. The lowest BCUT2D eigenvalue weighted by atomic mass is 9.80. The Morgan fingerprint density at radius 1 is 1.09 bits per heavy atom. The van der Waals surface area contributed by atoms with Crippen LogP contribution < -0.4 is 14.4 Å². The number of benzene rings is 2. The van der Waals surface area contributed by atoms with E-state index in [1.807, 2.05) is 68.6 Å². The van der Waals surface area contributed by atoms with Crippen molar-refractivity contribution in [3.05, 3.63) is 59.0 Å². The van der Waals surface area contributed by atoms with Crippen LogP contribution in [0.25, 0.3) is 11.3 Å². The Kier molecular flexibility index (Phi) is 9.34. The molecule has 1 saturated heterocycles. The first kappa shape index (κ1) is 31.9. The largest absolute Gasteiger partial charge is 0.496 e. The van der Waals surface area contributed by atoms with E-state index in [0.29, 0.717) is 36.0 Å². The van der Waals surface area contributed by atoms with Crippen molar-refractivity contribution in [2.24, 2.45) is 5.41 Å². The summed E-state index contributed by atoms with van der Waals surface area (Å²) in [6.07, 6.45) is 0.956. The Balaban J connectivity index is 1.31. The fourth-order valence-corrected chi connectivity index (χ4v) is 6.84. The van der Waals surface area contributed by atoms with Crippen LogP contribution >= 0.6 is 11.3 Å². The summed E-state index contributed by atoms with van der Waals surface area (Å²) in [7, 11) is 5.60. The highest BCUT2D eigenvalue weighted by molar-refractivity contribution is 7.14. The average Bonchev–Trinajstić information content (AvgIpc) is 3.61. The summed E-state index contributed by atoms with van der Waals surface area (Å²) in [4.78, 5) is 33.7. The van der Waals surface area contributed by atoms with Gasteiger partial charge in [0.1, 0.15) is 43.3 Å². The average molecular weight is 623 g/mol. The van der Waals surface area contributed by atoms with Crippen LogP contribution in [0.1, 0.15) is 38.3 Å². The molecule has 0 bridgehead atoms. The van der Waals surface area contributed by atoms with Gasteiger partial charge in [0.25, 0.3) is 0 Å². The molecule has 0 saturated carbocycles. The van der Waals surface area contributed by atoms with Crippen molar-refractivity contribution in [1.82, 2.24) is 4.98 Å². The number of amides is 1. The second-order valence-corrected chi connectivity index (χ2v) is 14.0. The number of carbonyl (C=O) groups excluding carboxylic acids is 2. The zero-order chi connectivity index (χ0) is 31.5. The SMILES string of the molecule is COc1cc(OCC[N+]2(C)CCOCC2)ccc1-c1csc(N(C)C(=O)C2(CC(=O)OC(C)(C)C)Cc3ccccc3C2)n1. The summed E-state index contributed by atoms with van der Waals surface area (Å²) < 4.78 is 23.9. The highest BCUT2D eigenvalue weighted by Crippen LogP contribution is 2.43. The third kappa shape index (κ3) is 7.25. The number of nitrogens with zero attached hydrogens (tertiary/aromatic N) is 3. The molecule has 1 amide bonds. The normalized spacial score (nSPS) is 17.0. The van der Waals surface area contributed by atoms with E-state index in [9.17, 15) is 9.59 Å². The van der Waals surface area contributed by atoms with Gasteiger partial charge in [-0.15, -0.1) is 11.3 Å². The fourth-order valence-electron chi connectivity index (χ4n) is 6.05. The lowest BCUT2D eigenvalue weighted by molar-refractivity contribution is -0.916. The molecule has 1 aliphatic heterocycles. The van der Waals surface area contributed by atoms with E-state index in [1.54, 1.807) is 19.1 Å². The number of morpholine rings is 1. The Bertz CT molecular complexity index is 1470. The van der Waals surface area contributed by atoms with Gasteiger partial charge in [-0.2, -0.15) is 0 Å². The minimum Gasteiger partial charge on any atom is -0.496 e. The van der Waals surface area contributed by atoms with Crippen molar-refractivity contribution in [3.63, 3.8) is 0 Å². The van der Waals surface area contributed by atoms with E-state index in [0.717, 1.165) is 59.8 Å². The monoisotopic (exact) mass is 622 g/mol. The topological polar surface area (TPSA) is 87.2 Å². The number of quaternary nitrogens is 1. The van der Waals surface area contributed by atoms with Gasteiger partial charge in [-0.05, 0) is 56.9 Å². The number of anilines is 1. The number of fused-ring (bicyclic) bond motifs is 1. The van der Waals surface area contributed by atoms with E-state index in [4.69, 9.17) is 23.9 Å². The molecule has 2 heterocycles. The van der Waals surface area contributed by atoms with Crippen molar-refractivity contribution in [2.45, 2.75) is 45.6 Å². The van der Waals surface area contributed by atoms with Crippen molar-refractivity contribution in [2.75, 3.05) is 65.6 Å². The second-order valence-electron chi connectivity index (χ2n) is 13.2. The van der Waals surface area contributed by atoms with Gasteiger partial charge in [-0.1, -0.05) is 24.3 Å². The molecule has 44 heavy (non-hydrogen) atoms. The maximum Gasteiger partial charge on any atom is 0.307 e. The summed E-state index contributed by atoms with van der Waals surface area (Å²) >= 11 is 1.38. The van der Waals surface area contributed by atoms with Gasteiger partial charge in [0, 0.05) is 24.1 Å². The van der Waals surface area contributed by atoms with Crippen LogP contribution in [0.2, 0.25) is 0 Å². The lowest BCUT2D eigenvalue weighted by Crippen LogP contribution is -2.53. The number of esters is 1. The fraction of sp³-hybridized carbons (Fsp3) is 0.500. The maximum absolute atomic E-state index is 14.2. The molecule has 9 nitrogen and oxygen atoms in total. The minimum atomic E-state index is -0.941. The highest BCUT2D eigenvalue weighted by Gasteiger charge is 2.48. The number of thiazole rings is 1. The number of hydrogen-bond acceptors (Lipinski definition) is 8. The predicted octanol–water partition coefficient (Wildman–Crippen LogP) is 5.15. The van der Waals surface area contributed by atoms with Crippen molar-refractivity contribution in [3.8, 4) is 22.8 Å². The molecule has 3 aromatic rings. The van der Waals surface area contributed by atoms with Gasteiger partial charge in [0.15, 0.2) is 5.13 Å². The Morgan fingerprint density at radius 2 is 1.77 bits per heavy atom. The summed E-state index contributed by atoms with van der Waals surface area (Å²) in [6.45, 7) is 10.6. The number of rotatable bonds is 10. The van der Waals surface area contributed by atoms with Crippen LogP contribution in [0.15, 0.2) is 47.8 Å². The number of ether oxygens (including phenoxy) is 4. The standard InChI is InChI=1S/C34H44N3O6S/c1-33(2,3)43-30(38)22-34(20-24-9-7-8-10-25(24)21-34)31(39)36(4)32-35-28(23-44-32)27-12-11-26(19-29(27)40-6)42-18-15-37(5)13-16-41-17-14-37/h7-12,19,23H,13-18,20-22H2,1-6H3/q+1. The van der Waals surface area contributed by atoms with E-state index in [2.05, 4.69) is 7.05 Å². The lowest BCUT2D eigenvalue weighted by Gasteiger charge is -2.37. The van der Waals surface area contributed by atoms with Crippen LogP contribution in [0.3, 0.4) is 0 Å². The van der Waals surface area contributed by atoms with Gasteiger partial charge < -0.3 is 23.4 Å². The zero-order valence-corrected chi connectivity index (χ0v) is 27.5. The Labute approximate surface area is 264 Å². The third-order valence-corrected chi connectivity index (χ3v) is 9.43. The Hall–Kier alpha value is -3.47. The first-order chi connectivity index (χ1) is 20.9. The Morgan fingerprint density at radius 3 is 2.41 bits per heavy atom. The number of hydrogen-bond donors (Lipinski definition) is 0. The van der Waals surface area contributed by atoms with Gasteiger partial charge in [0.2, 0.25) is 5.91 Å². The first-order valence-electron chi connectivity index (χ1n) is 15.2. The van der Waals surface area contributed by atoms with Gasteiger partial charge in [-0.3, -0.25) is 14.5 Å². The number of carbonyl (C=O) groups is 2. The molecule has 0 N–H and O–H groups in total. The first-order valence-corrected chi connectivity index (χ1v) is 16.0. The maximum atomic E-state index is 14.2. The minimum absolute atomic E-state index is 0.00144. The summed E-state index contributed by atoms with van der Waals surface area (Å²) in [5.41, 5.74) is 2.12. The zero-order valence-electron chi connectivity index (χ0n) is 26.7. The summed E-state index contributed by atoms with van der Waals surface area (Å²) in [5, 5.41) is 2.47. The second kappa shape index (κ2) is 12.9. The molecule has 1 aromatic heterocycles.